The average molecular weight is 386 g/mol. The Balaban J connectivity index is 0.000000330. The number of fused-ring (bicyclic) bond motifs is 2. The van der Waals surface area contributed by atoms with Crippen LogP contribution >= 0.6 is 0 Å². The van der Waals surface area contributed by atoms with Crippen LogP contribution in [0.4, 0.5) is 0 Å². The molecule has 4 rings (SSSR count). The molecule has 0 unspecified atom stereocenters. The molecule has 0 radical (unpaired) electrons. The van der Waals surface area contributed by atoms with Gasteiger partial charge < -0.3 is 19.5 Å². The van der Waals surface area contributed by atoms with Crippen molar-refractivity contribution in [2.75, 3.05) is 0 Å². The van der Waals surface area contributed by atoms with E-state index in [2.05, 4.69) is 0 Å². The maximum atomic E-state index is 12.1. The first-order chi connectivity index (χ1) is 13.3. The highest BCUT2D eigenvalue weighted by molar-refractivity contribution is 6.05. The lowest BCUT2D eigenvalue weighted by Crippen LogP contribution is -2.18. The monoisotopic (exact) mass is 386 g/mol. The van der Waals surface area contributed by atoms with E-state index in [1.807, 2.05) is 19.9 Å². The molecule has 148 valence electrons. The number of benzene rings is 1. The van der Waals surface area contributed by atoms with Crippen molar-refractivity contribution in [1.82, 2.24) is 9.13 Å². The van der Waals surface area contributed by atoms with E-state index >= 15 is 0 Å². The summed E-state index contributed by atoms with van der Waals surface area (Å²) in [5.41, 5.74) is 2.39. The Kier molecular flexibility index (Phi) is 5.24. The van der Waals surface area contributed by atoms with Crippen LogP contribution in [0.25, 0.3) is 21.8 Å². The van der Waals surface area contributed by atoms with Crippen LogP contribution in [0.15, 0.2) is 27.8 Å². The molecule has 0 saturated heterocycles. The molecule has 0 saturated carbocycles. The highest BCUT2D eigenvalue weighted by Gasteiger charge is 2.23. The summed E-state index contributed by atoms with van der Waals surface area (Å²) in [5.74, 6) is -0.180. The van der Waals surface area contributed by atoms with Crippen molar-refractivity contribution in [3.63, 3.8) is 0 Å². The molecule has 8 heteroatoms. The van der Waals surface area contributed by atoms with Crippen molar-refractivity contribution in [1.29, 1.82) is 0 Å². The smallest absolute Gasteiger partial charge is 0.303 e. The molecule has 0 fully saturated rings. The topological polar surface area (TPSA) is 111 Å². The van der Waals surface area contributed by atoms with Gasteiger partial charge in [-0.15, -0.1) is 0 Å². The fourth-order valence-electron chi connectivity index (χ4n) is 3.41. The second-order valence-corrected chi connectivity index (χ2v) is 6.73. The SMILES string of the molecule is CCCC(=O)O.Cc1cc(=O)n2c3c(c4c(cc13)c(CO)cc(=O)n4C)OC2. The summed E-state index contributed by atoms with van der Waals surface area (Å²) in [6, 6.07) is 4.92. The molecule has 0 aliphatic carbocycles. The molecule has 1 aliphatic rings. The Labute approximate surface area is 160 Å². The number of aliphatic hydroxyl groups is 1. The molecule has 1 aliphatic heterocycles. The van der Waals surface area contributed by atoms with E-state index in [0.29, 0.717) is 28.8 Å². The Morgan fingerprint density at radius 1 is 1.14 bits per heavy atom. The number of aryl methyl sites for hydroxylation is 2. The van der Waals surface area contributed by atoms with Gasteiger partial charge >= 0.3 is 5.97 Å². The molecular formula is C20H22N2O6. The number of aliphatic hydroxyl groups excluding tert-OH is 1. The molecule has 0 spiro atoms. The average Bonchev–Trinajstić information content (AvgIpc) is 3.08. The number of aliphatic carboxylic acids is 1. The number of hydrogen-bond donors (Lipinski definition) is 2. The molecule has 2 N–H and O–H groups in total. The molecule has 2 aromatic heterocycles. The van der Waals surface area contributed by atoms with Crippen LogP contribution in [0.3, 0.4) is 0 Å². The van der Waals surface area contributed by atoms with Crippen LogP contribution in [-0.2, 0) is 25.2 Å². The summed E-state index contributed by atoms with van der Waals surface area (Å²) < 4.78 is 8.78. The predicted octanol–water partition coefficient (Wildman–Crippen LogP) is 1.88. The molecule has 28 heavy (non-hydrogen) atoms. The maximum Gasteiger partial charge on any atom is 0.303 e. The van der Waals surface area contributed by atoms with Gasteiger partial charge in [0.15, 0.2) is 12.5 Å². The van der Waals surface area contributed by atoms with Gasteiger partial charge in [0, 0.05) is 36.4 Å². The standard InChI is InChI=1S/C16H14N2O4.C4H8O2/c1-8-3-13(21)18-7-22-16-14-11(5-10(8)15(16)18)9(6-19)4-12(20)17(14)2;1-2-3-4(5)6/h3-5,19H,6-7H2,1-2H3;2-3H2,1H3,(H,5,6). The number of aromatic nitrogens is 2. The maximum absolute atomic E-state index is 12.1. The van der Waals surface area contributed by atoms with E-state index in [9.17, 15) is 19.5 Å². The first-order valence-electron chi connectivity index (χ1n) is 8.95. The normalized spacial score (nSPS) is 12.0. The first-order valence-corrected chi connectivity index (χ1v) is 8.95. The lowest BCUT2D eigenvalue weighted by molar-refractivity contribution is -0.137. The van der Waals surface area contributed by atoms with Gasteiger partial charge in [-0.05, 0) is 30.5 Å². The Bertz CT molecular complexity index is 1210. The van der Waals surface area contributed by atoms with E-state index < -0.39 is 5.97 Å². The van der Waals surface area contributed by atoms with Gasteiger partial charge in [0.2, 0.25) is 0 Å². The van der Waals surface area contributed by atoms with E-state index in [1.165, 1.54) is 10.6 Å². The molecule has 0 atom stereocenters. The number of pyridine rings is 2. The second kappa shape index (κ2) is 7.47. The summed E-state index contributed by atoms with van der Waals surface area (Å²) in [5, 5.41) is 19.1. The van der Waals surface area contributed by atoms with Gasteiger partial charge in [0.25, 0.3) is 11.1 Å². The minimum atomic E-state index is -0.711. The third kappa shape index (κ3) is 3.16. The van der Waals surface area contributed by atoms with Crippen molar-refractivity contribution in [3.05, 3.63) is 50.0 Å². The summed E-state index contributed by atoms with van der Waals surface area (Å²) in [6.07, 6.45) is 1.02. The number of hydrogen-bond acceptors (Lipinski definition) is 5. The number of carboxylic acids is 1. The lowest BCUT2D eigenvalue weighted by Gasteiger charge is -2.13. The van der Waals surface area contributed by atoms with Crippen LogP contribution in [0.5, 0.6) is 5.75 Å². The zero-order valence-electron chi connectivity index (χ0n) is 16.0. The van der Waals surface area contributed by atoms with Gasteiger partial charge in [0.05, 0.1) is 17.6 Å². The first kappa shape index (κ1) is 19.6. The van der Waals surface area contributed by atoms with Crippen molar-refractivity contribution in [2.24, 2.45) is 7.05 Å². The fourth-order valence-corrected chi connectivity index (χ4v) is 3.41. The van der Waals surface area contributed by atoms with Gasteiger partial charge in [-0.1, -0.05) is 6.92 Å². The molecule has 8 nitrogen and oxygen atoms in total. The molecule has 3 heterocycles. The van der Waals surface area contributed by atoms with Gasteiger partial charge in [0.1, 0.15) is 0 Å². The third-order valence-electron chi connectivity index (χ3n) is 4.81. The van der Waals surface area contributed by atoms with Crippen molar-refractivity contribution in [2.45, 2.75) is 40.0 Å². The third-order valence-corrected chi connectivity index (χ3v) is 4.81. The molecule has 1 aromatic carbocycles. The molecule has 3 aromatic rings. The summed E-state index contributed by atoms with van der Waals surface area (Å²) in [7, 11) is 1.66. The number of carboxylic acid groups (broad SMARTS) is 1. The van der Waals surface area contributed by atoms with Gasteiger partial charge in [-0.2, -0.15) is 0 Å². The number of nitrogens with zero attached hydrogens (tertiary/aromatic N) is 2. The van der Waals surface area contributed by atoms with Crippen LogP contribution in [0, 0.1) is 6.92 Å². The van der Waals surface area contributed by atoms with Crippen LogP contribution in [0.2, 0.25) is 0 Å². The zero-order chi connectivity index (χ0) is 20.6. The van der Waals surface area contributed by atoms with Crippen LogP contribution < -0.4 is 15.9 Å². The second-order valence-electron chi connectivity index (χ2n) is 6.73. The van der Waals surface area contributed by atoms with E-state index in [-0.39, 0.29) is 24.5 Å². The fraction of sp³-hybridized carbons (Fsp3) is 0.350. The highest BCUT2D eigenvalue weighted by atomic mass is 16.5. The van der Waals surface area contributed by atoms with Crippen molar-refractivity contribution in [3.8, 4) is 5.75 Å². The summed E-state index contributed by atoms with van der Waals surface area (Å²) in [4.78, 5) is 33.8. The number of carbonyl (C=O) groups is 1. The molecule has 0 amide bonds. The van der Waals surface area contributed by atoms with E-state index in [1.54, 1.807) is 17.7 Å². The highest BCUT2D eigenvalue weighted by Crippen LogP contribution is 2.38. The van der Waals surface area contributed by atoms with E-state index in [4.69, 9.17) is 9.84 Å². The largest absolute Gasteiger partial charge is 0.481 e. The number of ether oxygens (including phenoxy) is 1. The quantitative estimate of drug-likeness (QED) is 0.665. The minimum Gasteiger partial charge on any atom is -0.481 e. The Morgan fingerprint density at radius 2 is 1.86 bits per heavy atom. The minimum absolute atomic E-state index is 0.119. The predicted molar refractivity (Wildman–Crippen MR) is 105 cm³/mol. The van der Waals surface area contributed by atoms with Crippen molar-refractivity contribution >= 4 is 27.8 Å². The van der Waals surface area contributed by atoms with Crippen LogP contribution in [0.1, 0.15) is 30.9 Å². The molecule has 0 bridgehead atoms. The summed E-state index contributed by atoms with van der Waals surface area (Å²) in [6.45, 7) is 3.63. The lowest BCUT2D eigenvalue weighted by atomic mass is 10.0. The molecular weight excluding hydrogens is 364 g/mol. The summed E-state index contributed by atoms with van der Waals surface area (Å²) >= 11 is 0. The Hall–Kier alpha value is -3.13. The van der Waals surface area contributed by atoms with Gasteiger partial charge in [-0.3, -0.25) is 19.0 Å². The van der Waals surface area contributed by atoms with Gasteiger partial charge in [-0.25, -0.2) is 0 Å². The Morgan fingerprint density at radius 3 is 2.43 bits per heavy atom. The van der Waals surface area contributed by atoms with E-state index in [0.717, 1.165) is 22.8 Å². The number of rotatable bonds is 3. The van der Waals surface area contributed by atoms with Crippen molar-refractivity contribution < 1.29 is 19.7 Å². The van der Waals surface area contributed by atoms with Crippen LogP contribution in [-0.4, -0.2) is 25.3 Å². The zero-order valence-corrected chi connectivity index (χ0v) is 16.0.